The summed E-state index contributed by atoms with van der Waals surface area (Å²) < 4.78 is 11.1. The van der Waals surface area contributed by atoms with Gasteiger partial charge in [0.1, 0.15) is 13.2 Å². The number of thioether (sulfide) groups is 1. The number of benzene rings is 1. The lowest BCUT2D eigenvalue weighted by Gasteiger charge is -2.19. The number of nitrogens with one attached hydrogen (secondary N) is 1. The van der Waals surface area contributed by atoms with E-state index in [-0.39, 0.29) is 5.75 Å². The first-order valence-electron chi connectivity index (χ1n) is 5.90. The first-order chi connectivity index (χ1) is 9.74. The molecule has 7 nitrogen and oxygen atoms in total. The smallest absolute Gasteiger partial charge is 0.313 e. The first kappa shape index (κ1) is 12.8. The van der Waals surface area contributed by atoms with Crippen molar-refractivity contribution in [3.05, 3.63) is 18.2 Å². The van der Waals surface area contributed by atoms with Crippen LogP contribution in [0.4, 0.5) is 0 Å². The number of ether oxygens (including phenoxy) is 2. The van der Waals surface area contributed by atoms with Gasteiger partial charge in [-0.1, -0.05) is 17.8 Å². The number of fused-ring (bicyclic) bond motifs is 1. The molecule has 0 unspecified atom stereocenters. The highest BCUT2D eigenvalue weighted by Crippen LogP contribution is 2.38. The highest BCUT2D eigenvalue weighted by atomic mass is 32.2. The van der Waals surface area contributed by atoms with E-state index in [4.69, 9.17) is 14.6 Å². The molecule has 1 aromatic carbocycles. The van der Waals surface area contributed by atoms with Crippen molar-refractivity contribution < 1.29 is 19.4 Å². The number of hydrogen-bond acceptors (Lipinski definition) is 6. The Morgan fingerprint density at radius 3 is 3.10 bits per heavy atom. The molecule has 2 N–H and O–H groups in total. The Morgan fingerprint density at radius 2 is 2.25 bits per heavy atom. The second kappa shape index (κ2) is 5.41. The zero-order valence-electron chi connectivity index (χ0n) is 10.3. The summed E-state index contributed by atoms with van der Waals surface area (Å²) in [6.07, 6.45) is 0. The van der Waals surface area contributed by atoms with E-state index >= 15 is 0 Å². The lowest BCUT2D eigenvalue weighted by molar-refractivity contribution is -0.133. The minimum atomic E-state index is -0.907. The van der Waals surface area contributed by atoms with Crippen LogP contribution in [-0.2, 0) is 4.79 Å². The van der Waals surface area contributed by atoms with Crippen LogP contribution in [0.5, 0.6) is 11.5 Å². The minimum Gasteiger partial charge on any atom is -0.486 e. The fourth-order valence-electron chi connectivity index (χ4n) is 1.82. The number of carboxylic acid groups (broad SMARTS) is 1. The van der Waals surface area contributed by atoms with Crippen molar-refractivity contribution in [3.8, 4) is 22.9 Å². The van der Waals surface area contributed by atoms with E-state index in [2.05, 4.69) is 15.2 Å². The summed E-state index contributed by atoms with van der Waals surface area (Å²) in [4.78, 5) is 14.8. The number of H-pyrrole nitrogens is 1. The maximum Gasteiger partial charge on any atom is 0.313 e. The number of hydrogen-bond donors (Lipinski definition) is 2. The third-order valence-corrected chi connectivity index (χ3v) is 3.44. The molecule has 2 aromatic rings. The predicted molar refractivity (Wildman–Crippen MR) is 71.2 cm³/mol. The number of rotatable bonds is 4. The second-order valence-corrected chi connectivity index (χ2v) is 4.92. The molecule has 3 rings (SSSR count). The Hall–Kier alpha value is -2.22. The highest BCUT2D eigenvalue weighted by molar-refractivity contribution is 7.99. The molecule has 20 heavy (non-hydrogen) atoms. The number of nitrogens with zero attached hydrogens (tertiary/aromatic N) is 2. The molecular formula is C12H11N3O4S. The molecule has 1 aliphatic heterocycles. The summed E-state index contributed by atoms with van der Waals surface area (Å²) in [6.45, 7) is 1.01. The molecule has 0 atom stereocenters. The summed E-state index contributed by atoms with van der Waals surface area (Å²) in [7, 11) is 0. The van der Waals surface area contributed by atoms with Crippen molar-refractivity contribution in [1.82, 2.24) is 15.2 Å². The molecular weight excluding hydrogens is 282 g/mol. The summed E-state index contributed by atoms with van der Waals surface area (Å²) >= 11 is 1.06. The molecule has 1 aliphatic rings. The largest absolute Gasteiger partial charge is 0.486 e. The SMILES string of the molecule is O=C(O)CSc1n[nH]c(-c2cccc3c2OCCO3)n1. The van der Waals surface area contributed by atoms with Crippen molar-refractivity contribution in [2.75, 3.05) is 19.0 Å². The molecule has 0 amide bonds. The lowest BCUT2D eigenvalue weighted by atomic mass is 10.1. The highest BCUT2D eigenvalue weighted by Gasteiger charge is 2.19. The van der Waals surface area contributed by atoms with Crippen LogP contribution in [0.25, 0.3) is 11.4 Å². The minimum absolute atomic E-state index is 0.0796. The Morgan fingerprint density at radius 1 is 1.40 bits per heavy atom. The number of carboxylic acids is 1. The van der Waals surface area contributed by atoms with E-state index in [1.807, 2.05) is 18.2 Å². The molecule has 0 radical (unpaired) electrons. The maximum atomic E-state index is 10.5. The van der Waals surface area contributed by atoms with Crippen molar-refractivity contribution in [2.24, 2.45) is 0 Å². The van der Waals surface area contributed by atoms with Gasteiger partial charge >= 0.3 is 5.97 Å². The van der Waals surface area contributed by atoms with E-state index in [9.17, 15) is 4.79 Å². The number of carbonyl (C=O) groups is 1. The molecule has 0 saturated heterocycles. The molecule has 0 fully saturated rings. The summed E-state index contributed by atoms with van der Waals surface area (Å²) in [6, 6.07) is 5.52. The summed E-state index contributed by atoms with van der Waals surface area (Å²) in [5.74, 6) is 0.842. The van der Waals surface area contributed by atoms with E-state index in [1.165, 1.54) is 0 Å². The van der Waals surface area contributed by atoms with E-state index in [1.54, 1.807) is 0 Å². The van der Waals surface area contributed by atoms with Gasteiger partial charge in [-0.3, -0.25) is 9.89 Å². The third-order valence-electron chi connectivity index (χ3n) is 2.61. The van der Waals surface area contributed by atoms with Crippen LogP contribution in [0.15, 0.2) is 23.4 Å². The van der Waals surface area contributed by atoms with E-state index < -0.39 is 5.97 Å². The monoisotopic (exact) mass is 293 g/mol. The van der Waals surface area contributed by atoms with Crippen LogP contribution in [0.3, 0.4) is 0 Å². The molecule has 104 valence electrons. The Labute approximate surface area is 118 Å². The van der Waals surface area contributed by atoms with Crippen LogP contribution >= 0.6 is 11.8 Å². The second-order valence-electron chi connectivity index (χ2n) is 3.98. The van der Waals surface area contributed by atoms with Gasteiger partial charge in [0, 0.05) is 0 Å². The van der Waals surface area contributed by atoms with Crippen LogP contribution < -0.4 is 9.47 Å². The van der Waals surface area contributed by atoms with Crippen molar-refractivity contribution in [2.45, 2.75) is 5.16 Å². The zero-order chi connectivity index (χ0) is 13.9. The van der Waals surface area contributed by atoms with E-state index in [0.29, 0.717) is 35.7 Å². The Bertz CT molecular complexity index is 643. The van der Waals surface area contributed by atoms with Gasteiger partial charge < -0.3 is 14.6 Å². The maximum absolute atomic E-state index is 10.5. The average Bonchev–Trinajstić information content (AvgIpc) is 2.93. The molecule has 0 spiro atoms. The third kappa shape index (κ3) is 2.55. The Balaban J connectivity index is 1.88. The van der Waals surface area contributed by atoms with Gasteiger partial charge in [0.05, 0.1) is 11.3 Å². The quantitative estimate of drug-likeness (QED) is 0.823. The van der Waals surface area contributed by atoms with Crippen molar-refractivity contribution >= 4 is 17.7 Å². The number of aromatic nitrogens is 3. The fraction of sp³-hybridized carbons (Fsp3) is 0.250. The molecule has 0 aliphatic carbocycles. The fourth-order valence-corrected chi connectivity index (χ4v) is 2.34. The van der Waals surface area contributed by atoms with Gasteiger partial charge in [-0.05, 0) is 12.1 Å². The summed E-state index contributed by atoms with van der Waals surface area (Å²) in [5, 5.41) is 15.8. The topological polar surface area (TPSA) is 97.3 Å². The van der Waals surface area contributed by atoms with Crippen LogP contribution in [-0.4, -0.2) is 45.2 Å². The number of aliphatic carboxylic acids is 1. The van der Waals surface area contributed by atoms with Gasteiger partial charge in [-0.2, -0.15) is 0 Å². The van der Waals surface area contributed by atoms with Crippen molar-refractivity contribution in [3.63, 3.8) is 0 Å². The average molecular weight is 293 g/mol. The van der Waals surface area contributed by atoms with Gasteiger partial charge in [0.15, 0.2) is 17.3 Å². The standard InChI is InChI=1S/C12H11N3O4S/c16-9(17)6-20-12-13-11(14-15-12)7-2-1-3-8-10(7)19-5-4-18-8/h1-3H,4-6H2,(H,16,17)(H,13,14,15). The van der Waals surface area contributed by atoms with Gasteiger partial charge in [0.2, 0.25) is 5.16 Å². The lowest BCUT2D eigenvalue weighted by Crippen LogP contribution is -2.15. The normalized spacial score (nSPS) is 13.2. The van der Waals surface area contributed by atoms with Gasteiger partial charge in [-0.15, -0.1) is 5.10 Å². The first-order valence-corrected chi connectivity index (χ1v) is 6.88. The van der Waals surface area contributed by atoms with Gasteiger partial charge in [0.25, 0.3) is 0 Å². The molecule has 8 heteroatoms. The van der Waals surface area contributed by atoms with Crippen LogP contribution in [0.1, 0.15) is 0 Å². The number of aromatic amines is 1. The van der Waals surface area contributed by atoms with Crippen molar-refractivity contribution in [1.29, 1.82) is 0 Å². The van der Waals surface area contributed by atoms with Crippen LogP contribution in [0, 0.1) is 0 Å². The Kier molecular flexibility index (Phi) is 3.46. The van der Waals surface area contributed by atoms with E-state index in [0.717, 1.165) is 17.3 Å². The van der Waals surface area contributed by atoms with Crippen LogP contribution in [0.2, 0.25) is 0 Å². The predicted octanol–water partition coefficient (Wildman–Crippen LogP) is 1.42. The molecule has 1 aromatic heterocycles. The molecule has 2 heterocycles. The number of para-hydroxylation sites is 1. The zero-order valence-corrected chi connectivity index (χ0v) is 11.1. The van der Waals surface area contributed by atoms with Gasteiger partial charge in [-0.25, -0.2) is 4.98 Å². The molecule has 0 saturated carbocycles. The summed E-state index contributed by atoms with van der Waals surface area (Å²) in [5.41, 5.74) is 0.747. The molecule has 0 bridgehead atoms.